The van der Waals surface area contributed by atoms with Crippen LogP contribution in [0.15, 0.2) is 0 Å². The van der Waals surface area contributed by atoms with Crippen LogP contribution < -0.4 is 0 Å². The summed E-state index contributed by atoms with van der Waals surface area (Å²) < 4.78 is 41.8. The Morgan fingerprint density at radius 1 is 0.660 bits per heavy atom. The molecule has 3 aliphatic heterocycles. The molecule has 14 heteroatoms. The molecule has 0 radical (unpaired) electrons. The van der Waals surface area contributed by atoms with E-state index in [-0.39, 0.29) is 48.6 Å². The summed E-state index contributed by atoms with van der Waals surface area (Å²) in [7, 11) is 1.38. The molecule has 6 unspecified atom stereocenters. The van der Waals surface area contributed by atoms with Gasteiger partial charge in [0.15, 0.2) is 18.9 Å². The summed E-state index contributed by atoms with van der Waals surface area (Å²) in [5, 5.41) is 66.3. The highest BCUT2D eigenvalue weighted by Crippen LogP contribution is 2.69. The van der Waals surface area contributed by atoms with Crippen LogP contribution in [0, 0.1) is 34.5 Å². The van der Waals surface area contributed by atoms with Crippen molar-refractivity contribution in [2.45, 2.75) is 197 Å². The van der Waals surface area contributed by atoms with Gasteiger partial charge < -0.3 is 63.8 Å². The average Bonchev–Trinajstić information content (AvgIpc) is 3.39. The zero-order valence-corrected chi connectivity index (χ0v) is 32.1. The van der Waals surface area contributed by atoms with Gasteiger partial charge in [0.2, 0.25) is 0 Å². The average molecular weight is 757 g/mol. The van der Waals surface area contributed by atoms with Crippen molar-refractivity contribution in [3.8, 4) is 0 Å². The molecule has 3 heterocycles. The van der Waals surface area contributed by atoms with Crippen molar-refractivity contribution in [1.82, 2.24) is 0 Å². The molecule has 4 saturated carbocycles. The standard InChI is InChI=1S/C39H64O14/c1-18-33(44)26(40)15-31(48-18)52-35-20(3)50-32(17-28(35)42)53-34-19(2)49-30(16-27(34)41)51-22-9-11-37(4)21(13-22)7-8-23-25(37)14-29(43)38(5)24(36(45)47-6)10-12-39(23,38)46/h18-35,40-44,46H,7-17H2,1-6H3/t18?,19?,20?,21-,22+,23-,24-,25+,26-,27-,28-,29-,30+,31+,32-,33?,34?,35?,37+,38+,39+/m1/s1. The normalized spacial score (nSPS) is 55.8. The fourth-order valence-corrected chi connectivity index (χ4v) is 12.1. The number of hydrogen-bond donors (Lipinski definition) is 6. The van der Waals surface area contributed by atoms with E-state index in [0.717, 1.165) is 32.1 Å². The maximum absolute atomic E-state index is 12.7. The van der Waals surface area contributed by atoms with Crippen LogP contribution in [0.3, 0.4) is 0 Å². The molecule has 6 N–H and O–H groups in total. The van der Waals surface area contributed by atoms with Crippen LogP contribution in [0.4, 0.5) is 0 Å². The van der Waals surface area contributed by atoms with Gasteiger partial charge in [0, 0.05) is 24.7 Å². The number of carbonyl (C=O) groups excluding carboxylic acids is 1. The van der Waals surface area contributed by atoms with Crippen molar-refractivity contribution in [1.29, 1.82) is 0 Å². The van der Waals surface area contributed by atoms with Crippen molar-refractivity contribution in [2.24, 2.45) is 34.5 Å². The molecule has 0 spiro atoms. The van der Waals surface area contributed by atoms with Gasteiger partial charge in [-0.2, -0.15) is 0 Å². The molecule has 21 atom stereocenters. The number of methoxy groups -OCH3 is 1. The van der Waals surface area contributed by atoms with E-state index in [0.29, 0.717) is 25.2 Å². The Morgan fingerprint density at radius 2 is 1.23 bits per heavy atom. The first-order valence-electron chi connectivity index (χ1n) is 20.1. The Bertz CT molecular complexity index is 1270. The van der Waals surface area contributed by atoms with Gasteiger partial charge in [-0.1, -0.05) is 13.8 Å². The van der Waals surface area contributed by atoms with Gasteiger partial charge in [-0.25, -0.2) is 0 Å². The molecule has 53 heavy (non-hydrogen) atoms. The maximum Gasteiger partial charge on any atom is 0.309 e. The number of rotatable bonds is 7. The van der Waals surface area contributed by atoms with Gasteiger partial charge in [-0.15, -0.1) is 0 Å². The van der Waals surface area contributed by atoms with E-state index in [1.165, 1.54) is 7.11 Å². The molecule has 0 bridgehead atoms. The highest BCUT2D eigenvalue weighted by Gasteiger charge is 2.71. The second-order valence-electron chi connectivity index (χ2n) is 18.0. The minimum atomic E-state index is -1.12. The number of aliphatic hydroxyl groups is 6. The summed E-state index contributed by atoms with van der Waals surface area (Å²) in [6.07, 6.45) is -3.81. The lowest BCUT2D eigenvalue weighted by Crippen LogP contribution is -2.67. The molecule has 0 aromatic carbocycles. The van der Waals surface area contributed by atoms with Crippen LogP contribution in [-0.2, 0) is 38.0 Å². The molecule has 7 rings (SSSR count). The number of esters is 1. The summed E-state index contributed by atoms with van der Waals surface area (Å²) in [6, 6.07) is 0. The molecule has 14 nitrogen and oxygen atoms in total. The van der Waals surface area contributed by atoms with E-state index >= 15 is 0 Å². The Balaban J connectivity index is 0.909. The van der Waals surface area contributed by atoms with E-state index < -0.39 is 96.8 Å². The summed E-state index contributed by atoms with van der Waals surface area (Å²) in [5.41, 5.74) is -2.13. The Morgan fingerprint density at radius 3 is 1.79 bits per heavy atom. The molecule has 0 aromatic rings. The Hall–Kier alpha value is -1.01. The van der Waals surface area contributed by atoms with Gasteiger partial charge in [0.05, 0.1) is 67.5 Å². The topological polar surface area (TPSA) is 203 Å². The lowest BCUT2D eigenvalue weighted by molar-refractivity contribution is -0.336. The molecule has 0 amide bonds. The van der Waals surface area contributed by atoms with E-state index in [1.54, 1.807) is 13.8 Å². The van der Waals surface area contributed by atoms with Crippen molar-refractivity contribution in [2.75, 3.05) is 7.11 Å². The van der Waals surface area contributed by atoms with E-state index in [2.05, 4.69) is 6.92 Å². The summed E-state index contributed by atoms with van der Waals surface area (Å²) >= 11 is 0. The Labute approximate surface area is 312 Å². The lowest BCUT2D eigenvalue weighted by atomic mass is 9.42. The minimum Gasteiger partial charge on any atom is -0.469 e. The fourth-order valence-electron chi connectivity index (χ4n) is 12.1. The van der Waals surface area contributed by atoms with Crippen molar-refractivity contribution in [3.63, 3.8) is 0 Å². The van der Waals surface area contributed by atoms with Crippen LogP contribution in [-0.4, -0.2) is 135 Å². The monoisotopic (exact) mass is 756 g/mol. The first-order chi connectivity index (χ1) is 25.0. The third-order valence-corrected chi connectivity index (χ3v) is 15.3. The SMILES string of the molecule is COC(=O)[C@H]1CC[C@]2(O)[C@@H]3CC[C@@H]4C[C@@H](O[C@H]5C[C@@H](O)C(O[C@@H]6C[C@@H](O)C(O[C@H]7C[C@@H](O)C(O)C(C)O7)C(C)O6)C(C)O5)CC[C@]4(C)[C@H]3C[C@@H](O)[C@]12C. The molecular weight excluding hydrogens is 692 g/mol. The first-order valence-corrected chi connectivity index (χ1v) is 20.1. The summed E-state index contributed by atoms with van der Waals surface area (Å²) in [6.45, 7) is 9.45. The van der Waals surface area contributed by atoms with Crippen molar-refractivity contribution >= 4 is 5.97 Å². The number of ether oxygens (including phenoxy) is 7. The molecular formula is C39H64O14. The van der Waals surface area contributed by atoms with Gasteiger partial charge in [-0.05, 0) is 95.3 Å². The van der Waals surface area contributed by atoms with Crippen LogP contribution in [0.1, 0.15) is 105 Å². The molecule has 0 aromatic heterocycles. The molecule has 7 fully saturated rings. The highest BCUT2D eigenvalue weighted by atomic mass is 16.7. The van der Waals surface area contributed by atoms with Crippen LogP contribution in [0.25, 0.3) is 0 Å². The number of fused-ring (bicyclic) bond motifs is 5. The predicted molar refractivity (Wildman–Crippen MR) is 186 cm³/mol. The summed E-state index contributed by atoms with van der Waals surface area (Å²) in [4.78, 5) is 12.7. The molecule has 3 saturated heterocycles. The number of hydrogen-bond acceptors (Lipinski definition) is 14. The Kier molecular flexibility index (Phi) is 11.4. The maximum atomic E-state index is 12.7. The highest BCUT2D eigenvalue weighted by molar-refractivity contribution is 5.74. The largest absolute Gasteiger partial charge is 0.469 e. The predicted octanol–water partition coefficient (Wildman–Crippen LogP) is 1.91. The lowest BCUT2D eigenvalue weighted by Gasteiger charge is -2.64. The third kappa shape index (κ3) is 6.92. The van der Waals surface area contributed by atoms with Gasteiger partial charge >= 0.3 is 5.97 Å². The van der Waals surface area contributed by atoms with Gasteiger partial charge in [-0.3, -0.25) is 4.79 Å². The molecule has 4 aliphatic carbocycles. The second kappa shape index (κ2) is 15.1. The second-order valence-corrected chi connectivity index (χ2v) is 18.0. The number of carbonyl (C=O) groups is 1. The van der Waals surface area contributed by atoms with Crippen molar-refractivity contribution in [3.05, 3.63) is 0 Å². The quantitative estimate of drug-likeness (QED) is 0.162. The van der Waals surface area contributed by atoms with Crippen LogP contribution >= 0.6 is 0 Å². The minimum absolute atomic E-state index is 0.00766. The van der Waals surface area contributed by atoms with E-state index in [9.17, 15) is 35.4 Å². The first kappa shape index (κ1) is 40.2. The van der Waals surface area contributed by atoms with E-state index in [1.807, 2.05) is 13.8 Å². The van der Waals surface area contributed by atoms with Gasteiger partial charge in [0.25, 0.3) is 0 Å². The van der Waals surface area contributed by atoms with E-state index in [4.69, 9.17) is 33.2 Å². The zero-order chi connectivity index (χ0) is 38.2. The number of aliphatic hydroxyl groups excluding tert-OH is 5. The van der Waals surface area contributed by atoms with Crippen molar-refractivity contribution < 1.29 is 68.6 Å². The smallest absolute Gasteiger partial charge is 0.309 e. The molecule has 7 aliphatic rings. The summed E-state index contributed by atoms with van der Waals surface area (Å²) in [5.74, 6) is -0.376. The zero-order valence-electron chi connectivity index (χ0n) is 32.1. The molecule has 304 valence electrons. The van der Waals surface area contributed by atoms with Crippen LogP contribution in [0.2, 0.25) is 0 Å². The van der Waals surface area contributed by atoms with Gasteiger partial charge in [0.1, 0.15) is 18.3 Å². The fraction of sp³-hybridized carbons (Fsp3) is 0.974. The third-order valence-electron chi connectivity index (χ3n) is 15.3. The van der Waals surface area contributed by atoms with Crippen LogP contribution in [0.5, 0.6) is 0 Å².